The zero-order chi connectivity index (χ0) is 48.1. The molecule has 0 amide bonds. The second-order valence-electron chi connectivity index (χ2n) is 21.3. The number of hydrogen-bond acceptors (Lipinski definition) is 13. The molecule has 17 heteroatoms. The number of benzene rings is 2. The van der Waals surface area contributed by atoms with Gasteiger partial charge in [-0.2, -0.15) is 9.97 Å². The van der Waals surface area contributed by atoms with Gasteiger partial charge in [0.2, 0.25) is 11.9 Å². The van der Waals surface area contributed by atoms with Crippen LogP contribution in [-0.2, 0) is 56.4 Å². The summed E-state index contributed by atoms with van der Waals surface area (Å²) < 4.78 is 38.7. The molecule has 4 fully saturated rings. The number of H-pyrrole nitrogens is 1. The second-order valence-corrected chi connectivity index (χ2v) is 24.3. The highest BCUT2D eigenvalue weighted by Crippen LogP contribution is 2.39. The first-order valence-corrected chi connectivity index (χ1v) is 28.4. The van der Waals surface area contributed by atoms with Crippen LogP contribution in [0.4, 0.5) is 23.5 Å². The average Bonchev–Trinajstić information content (AvgIpc) is 4.16. The third kappa shape index (κ3) is 9.84. The molecule has 15 nitrogen and oxygen atoms in total. The summed E-state index contributed by atoms with van der Waals surface area (Å²) in [5, 5.41) is 8.59. The van der Waals surface area contributed by atoms with E-state index in [1.54, 1.807) is 0 Å². The summed E-state index contributed by atoms with van der Waals surface area (Å²) in [4.78, 5) is 34.3. The smallest absolute Gasteiger partial charge is 0.227 e. The molecule has 0 spiro atoms. The number of rotatable bonds is 8. The number of fused-ring (bicyclic) bond motifs is 4. The predicted octanol–water partition coefficient (Wildman–Crippen LogP) is 8.20. The summed E-state index contributed by atoms with van der Waals surface area (Å²) in [6.07, 6.45) is 11.8. The zero-order valence-electron chi connectivity index (χ0n) is 41.5. The van der Waals surface area contributed by atoms with Gasteiger partial charge in [-0.25, -0.2) is 15.0 Å². The number of hydrogen-bond donors (Lipinski definition) is 3. The minimum Gasteiger partial charge on any atom is -0.381 e. The van der Waals surface area contributed by atoms with E-state index in [-0.39, 0.29) is 5.41 Å². The minimum absolute atomic E-state index is 0.135. The van der Waals surface area contributed by atoms with Crippen molar-refractivity contribution in [3.8, 4) is 0 Å². The van der Waals surface area contributed by atoms with E-state index in [0.717, 1.165) is 178 Å². The maximum atomic E-state index is 12.8. The summed E-state index contributed by atoms with van der Waals surface area (Å²) in [6, 6.07) is 14.0. The molecule has 6 aliphatic rings. The third-order valence-electron chi connectivity index (χ3n) is 15.4. The summed E-state index contributed by atoms with van der Waals surface area (Å²) in [5.74, 6) is 6.43. The largest absolute Gasteiger partial charge is 0.381 e. The Morgan fingerprint density at radius 1 is 0.671 bits per heavy atom. The van der Waals surface area contributed by atoms with E-state index in [1.165, 1.54) is 27.6 Å². The molecule has 4 saturated heterocycles. The van der Waals surface area contributed by atoms with Gasteiger partial charge in [-0.15, -0.1) is 0 Å². The Morgan fingerprint density at radius 2 is 1.21 bits per heavy atom. The maximum Gasteiger partial charge on any atom is 0.227 e. The molecule has 6 aliphatic heterocycles. The number of nitrogens with zero attached hydrogens (tertiary/aromatic N) is 8. The number of imidazole rings is 1. The molecule has 372 valence electrons. The Kier molecular flexibility index (Phi) is 13.5. The number of piperidine rings is 2. The van der Waals surface area contributed by atoms with Crippen LogP contribution in [0.25, 0.3) is 21.9 Å². The van der Waals surface area contributed by atoms with Crippen molar-refractivity contribution in [2.75, 3.05) is 84.5 Å². The van der Waals surface area contributed by atoms with E-state index < -0.39 is 21.6 Å². The summed E-state index contributed by atoms with van der Waals surface area (Å²) in [6.45, 7) is 15.6. The molecule has 2 unspecified atom stereocenters. The van der Waals surface area contributed by atoms with E-state index in [1.807, 2.05) is 0 Å². The first-order valence-electron chi connectivity index (χ1n) is 25.7. The van der Waals surface area contributed by atoms with E-state index in [4.69, 9.17) is 34.4 Å². The Bertz CT molecular complexity index is 2920. The quantitative estimate of drug-likeness (QED) is 0.134. The fourth-order valence-corrected chi connectivity index (χ4v) is 13.8. The number of aromatic nitrogens is 7. The van der Waals surface area contributed by atoms with Gasteiger partial charge in [0.25, 0.3) is 0 Å². The highest BCUT2D eigenvalue weighted by atomic mass is 32.2. The lowest BCUT2D eigenvalue weighted by atomic mass is 9.84. The fourth-order valence-electron chi connectivity index (χ4n) is 11.2. The average molecular weight is 988 g/mol. The van der Waals surface area contributed by atoms with Gasteiger partial charge in [-0.1, -0.05) is 32.9 Å². The number of aryl methyl sites for hydroxylation is 4. The lowest BCUT2D eigenvalue weighted by Gasteiger charge is -2.33. The van der Waals surface area contributed by atoms with Crippen LogP contribution >= 0.6 is 0 Å². The van der Waals surface area contributed by atoms with Crippen molar-refractivity contribution in [3.63, 3.8) is 0 Å². The normalized spacial score (nSPS) is 21.8. The third-order valence-corrected chi connectivity index (χ3v) is 18.3. The van der Waals surface area contributed by atoms with Crippen LogP contribution < -0.4 is 20.4 Å². The van der Waals surface area contributed by atoms with Crippen LogP contribution in [0.5, 0.6) is 0 Å². The molecule has 0 saturated carbocycles. The van der Waals surface area contributed by atoms with E-state index >= 15 is 0 Å². The Morgan fingerprint density at radius 3 is 1.76 bits per heavy atom. The van der Waals surface area contributed by atoms with E-state index in [9.17, 15) is 8.42 Å². The summed E-state index contributed by atoms with van der Waals surface area (Å²) >= 11 is 0. The van der Waals surface area contributed by atoms with Crippen molar-refractivity contribution in [1.82, 2.24) is 34.5 Å². The molecule has 3 N–H and O–H groups in total. The van der Waals surface area contributed by atoms with Crippen molar-refractivity contribution in [2.24, 2.45) is 7.05 Å². The Balaban J connectivity index is 0.000000153. The van der Waals surface area contributed by atoms with Gasteiger partial charge in [-0.05, 0) is 111 Å². The molecule has 4 aromatic heterocycles. The van der Waals surface area contributed by atoms with Crippen molar-refractivity contribution >= 4 is 67.1 Å². The van der Waals surface area contributed by atoms with Crippen molar-refractivity contribution < 1.29 is 17.9 Å². The summed E-state index contributed by atoms with van der Waals surface area (Å²) in [7, 11) is 0.126. The molecule has 0 aliphatic carbocycles. The van der Waals surface area contributed by atoms with Crippen LogP contribution in [0.15, 0.2) is 52.4 Å². The Labute approximate surface area is 416 Å². The Hall–Kier alpha value is -4.97. The maximum absolute atomic E-state index is 12.8. The summed E-state index contributed by atoms with van der Waals surface area (Å²) in [5.41, 5.74) is 9.61. The number of ether oxygens (including phenoxy) is 2. The highest BCUT2D eigenvalue weighted by molar-refractivity contribution is 7.85. The zero-order valence-corrected chi connectivity index (χ0v) is 43.2. The molecule has 6 aromatic rings. The second kappa shape index (κ2) is 19.9. The molecule has 0 bridgehead atoms. The van der Waals surface area contributed by atoms with Crippen molar-refractivity contribution in [1.29, 1.82) is 0 Å². The molecule has 2 aromatic carbocycles. The molecule has 2 atom stereocenters. The molecule has 10 heterocycles. The number of aromatic amines is 1. The lowest BCUT2D eigenvalue weighted by Crippen LogP contribution is -2.35. The van der Waals surface area contributed by atoms with E-state index in [0.29, 0.717) is 35.4 Å². The molecule has 70 heavy (non-hydrogen) atoms. The van der Waals surface area contributed by atoms with Gasteiger partial charge in [0.05, 0.1) is 44.0 Å². The van der Waals surface area contributed by atoms with Gasteiger partial charge in [0.15, 0.2) is 0 Å². The standard InChI is InChI=1S/C29H39N5O2S.C24H30N6O2S/c1-29(2,3)20-5-6-25-22(17-20)23(18-33(25)4)19-7-12-34(13-8-19)28-31-24-11-16-37(35)26(24)27(32-28)30-21-9-14-36-15-10-21;1-15-2-3-18-20(14-15)27-22(26-18)16-4-9-30(10-5-16)24-28-19-8-13-33(31)21(19)23(29-24)25-17-6-11-32-12-7-17/h5-6,17-19,21H,7-16H2,1-4H3,(H,30,31,32);2-3,14,16-17H,4-13H2,1H3,(H,26,27)(H,25,28,29). The molecular weight excluding hydrogens is 919 g/mol. The monoisotopic (exact) mass is 987 g/mol. The van der Waals surface area contributed by atoms with Crippen LogP contribution in [0.3, 0.4) is 0 Å². The first kappa shape index (κ1) is 47.4. The SMILES string of the molecule is Cc1ccc2nc(C3CCN(c4nc5c(c(NC6CCOCC6)n4)S(=O)CC5)CC3)[nH]c2c1.Cn1cc(C2CCN(c3nc4c(c(NC5CCOCC5)n3)S(=O)CC4)CC2)c2cc(C(C)(C)C)ccc21. The predicted molar refractivity (Wildman–Crippen MR) is 280 cm³/mol. The lowest BCUT2D eigenvalue weighted by molar-refractivity contribution is 0.0902. The van der Waals surface area contributed by atoms with Gasteiger partial charge in [-0.3, -0.25) is 8.42 Å². The van der Waals surface area contributed by atoms with Crippen LogP contribution in [0, 0.1) is 6.92 Å². The van der Waals surface area contributed by atoms with Crippen molar-refractivity contribution in [3.05, 3.63) is 76.5 Å². The van der Waals surface area contributed by atoms with Gasteiger partial charge < -0.3 is 39.5 Å². The van der Waals surface area contributed by atoms with Gasteiger partial charge in [0, 0.05) is 119 Å². The highest BCUT2D eigenvalue weighted by Gasteiger charge is 2.33. The van der Waals surface area contributed by atoms with E-state index in [2.05, 4.69) is 107 Å². The molecule has 12 rings (SSSR count). The van der Waals surface area contributed by atoms with Gasteiger partial charge in [0.1, 0.15) is 27.3 Å². The van der Waals surface area contributed by atoms with Crippen molar-refractivity contribution in [2.45, 2.75) is 131 Å². The van der Waals surface area contributed by atoms with Gasteiger partial charge >= 0.3 is 0 Å². The molecule has 0 radical (unpaired) electrons. The topological polar surface area (TPSA) is 168 Å². The van der Waals surface area contributed by atoms with Crippen LogP contribution in [-0.4, -0.2) is 119 Å². The minimum atomic E-state index is -1.02. The van der Waals surface area contributed by atoms with Crippen LogP contribution in [0.2, 0.25) is 0 Å². The number of nitrogens with one attached hydrogen (secondary N) is 3. The fraction of sp³-hybridized carbons (Fsp3) is 0.566. The number of anilines is 4. The first-order chi connectivity index (χ1) is 33.9. The molecular formula is C53H69N11O4S2. The van der Waals surface area contributed by atoms with Crippen LogP contribution in [0.1, 0.15) is 118 Å².